The summed E-state index contributed by atoms with van der Waals surface area (Å²) in [5.41, 5.74) is 0.828. The van der Waals surface area contributed by atoms with E-state index in [1.54, 1.807) is 12.1 Å². The summed E-state index contributed by atoms with van der Waals surface area (Å²) in [6.45, 7) is -0.364. The maximum atomic E-state index is 13.1. The maximum absolute atomic E-state index is 13.1. The van der Waals surface area contributed by atoms with Crippen molar-refractivity contribution in [2.24, 2.45) is 28.8 Å². The van der Waals surface area contributed by atoms with Crippen LogP contribution in [0, 0.1) is 29.5 Å². The Morgan fingerprint density at radius 1 is 1.17 bits per heavy atom. The van der Waals surface area contributed by atoms with Crippen molar-refractivity contribution in [3.63, 3.8) is 0 Å². The predicted octanol–water partition coefficient (Wildman–Crippen LogP) is 3.76. The van der Waals surface area contributed by atoms with Crippen molar-refractivity contribution in [2.75, 3.05) is 19.0 Å². The maximum Gasteiger partial charge on any atom is 0.262 e. The topological polar surface area (TPSA) is 97.3 Å². The van der Waals surface area contributed by atoms with Gasteiger partial charge in [-0.15, -0.1) is 0 Å². The highest BCUT2D eigenvalue weighted by Gasteiger charge is 2.59. The van der Waals surface area contributed by atoms with Crippen LogP contribution in [0.1, 0.15) is 12.0 Å². The molecule has 3 aliphatic rings. The third-order valence-corrected chi connectivity index (χ3v) is 6.96. The quantitative estimate of drug-likeness (QED) is 0.327. The van der Waals surface area contributed by atoms with Crippen LogP contribution in [0.15, 0.2) is 58.1 Å². The lowest BCUT2D eigenvalue weighted by molar-refractivity contribution is -0.140. The fourth-order valence-corrected chi connectivity index (χ4v) is 5.43. The van der Waals surface area contributed by atoms with Crippen LogP contribution >= 0.6 is 15.9 Å². The molecule has 1 saturated carbocycles. The number of anilines is 1. The molecule has 5 rings (SSSR count). The minimum Gasteiger partial charge on any atom is -0.493 e. The zero-order chi connectivity index (χ0) is 24.7. The number of nitrogens with zero attached hydrogens (tertiary/aromatic N) is 2. The van der Waals surface area contributed by atoms with Gasteiger partial charge >= 0.3 is 0 Å². The van der Waals surface area contributed by atoms with E-state index in [1.165, 1.54) is 37.6 Å². The Kier molecular flexibility index (Phi) is 6.14. The SMILES string of the molecule is COc1cc(Br)cc(C=NN2C(=O)[C@@H]3[C@H](C2=O)[C@H]2C=C[C@H]3C2)c1OCC(=O)Nc1ccc(F)cc1. The third-order valence-electron chi connectivity index (χ3n) is 6.50. The standard InChI is InChI=1S/C25H21BrFN3O5/c1-34-19-10-16(26)9-15(23(19)35-12-20(31)29-18-6-4-17(27)5-7-18)11-28-30-24(32)21-13-2-3-14(8-13)22(21)25(30)33/h2-7,9-11,13-14,21-22H,8,12H2,1H3,(H,29,31)/t13-,14-,21-,22+/m0/s1. The van der Waals surface area contributed by atoms with Crippen molar-refractivity contribution < 1.29 is 28.2 Å². The van der Waals surface area contributed by atoms with Crippen LogP contribution in [-0.4, -0.2) is 42.7 Å². The van der Waals surface area contributed by atoms with E-state index >= 15 is 0 Å². The molecule has 1 N–H and O–H groups in total. The third kappa shape index (κ3) is 4.34. The van der Waals surface area contributed by atoms with E-state index < -0.39 is 11.7 Å². The molecule has 0 unspecified atom stereocenters. The number of methoxy groups -OCH3 is 1. The number of allylic oxidation sites excluding steroid dienone is 2. The second kappa shape index (κ2) is 9.26. The molecule has 3 amide bonds. The Balaban J connectivity index is 1.34. The molecule has 4 atom stereocenters. The number of imide groups is 1. The highest BCUT2D eigenvalue weighted by molar-refractivity contribution is 9.10. The van der Waals surface area contributed by atoms with Crippen molar-refractivity contribution in [3.05, 3.63) is 64.4 Å². The molecule has 2 bridgehead atoms. The van der Waals surface area contributed by atoms with Crippen LogP contribution in [0.25, 0.3) is 0 Å². The van der Waals surface area contributed by atoms with Gasteiger partial charge in [0.25, 0.3) is 17.7 Å². The van der Waals surface area contributed by atoms with Gasteiger partial charge in [0.05, 0.1) is 25.2 Å². The number of rotatable bonds is 7. The monoisotopic (exact) mass is 541 g/mol. The molecule has 0 spiro atoms. The van der Waals surface area contributed by atoms with Gasteiger partial charge < -0.3 is 14.8 Å². The highest BCUT2D eigenvalue weighted by atomic mass is 79.9. The largest absolute Gasteiger partial charge is 0.493 e. The smallest absolute Gasteiger partial charge is 0.262 e. The zero-order valence-corrected chi connectivity index (χ0v) is 20.2. The number of benzene rings is 2. The molecular weight excluding hydrogens is 521 g/mol. The average Bonchev–Trinajstić information content (AvgIpc) is 3.52. The molecule has 1 aliphatic heterocycles. The predicted molar refractivity (Wildman–Crippen MR) is 128 cm³/mol. The number of hydrazone groups is 1. The minimum absolute atomic E-state index is 0.0890. The molecule has 10 heteroatoms. The van der Waals surface area contributed by atoms with Gasteiger partial charge in [-0.25, -0.2) is 4.39 Å². The number of hydrogen-bond donors (Lipinski definition) is 1. The zero-order valence-electron chi connectivity index (χ0n) is 18.6. The Bertz CT molecular complexity index is 1230. The van der Waals surface area contributed by atoms with Gasteiger partial charge in [0, 0.05) is 15.7 Å². The van der Waals surface area contributed by atoms with Gasteiger partial charge in [-0.3, -0.25) is 14.4 Å². The van der Waals surface area contributed by atoms with E-state index in [4.69, 9.17) is 9.47 Å². The number of fused-ring (bicyclic) bond motifs is 5. The fourth-order valence-electron chi connectivity index (χ4n) is 4.98. The van der Waals surface area contributed by atoms with E-state index in [0.717, 1.165) is 11.4 Å². The van der Waals surface area contributed by atoms with Crippen molar-refractivity contribution in [3.8, 4) is 11.5 Å². The Hall–Kier alpha value is -3.53. The molecule has 8 nitrogen and oxygen atoms in total. The first-order valence-corrected chi connectivity index (χ1v) is 11.8. The van der Waals surface area contributed by atoms with Crippen molar-refractivity contribution in [2.45, 2.75) is 6.42 Å². The van der Waals surface area contributed by atoms with Gasteiger partial charge in [0.2, 0.25) is 0 Å². The Morgan fingerprint density at radius 2 is 1.83 bits per heavy atom. The van der Waals surface area contributed by atoms with Gasteiger partial charge in [-0.05, 0) is 54.7 Å². The molecule has 35 heavy (non-hydrogen) atoms. The van der Waals surface area contributed by atoms with Crippen molar-refractivity contribution in [1.82, 2.24) is 5.01 Å². The summed E-state index contributed by atoms with van der Waals surface area (Å²) >= 11 is 3.40. The van der Waals surface area contributed by atoms with Crippen molar-refractivity contribution >= 4 is 45.6 Å². The Labute approximate surface area is 208 Å². The summed E-state index contributed by atoms with van der Waals surface area (Å²) in [6.07, 6.45) is 6.23. The van der Waals surface area contributed by atoms with Crippen LogP contribution in [0.5, 0.6) is 11.5 Å². The summed E-state index contributed by atoms with van der Waals surface area (Å²) in [4.78, 5) is 38.2. The number of carbonyl (C=O) groups is 3. The lowest BCUT2D eigenvalue weighted by atomic mass is 9.85. The summed E-state index contributed by atoms with van der Waals surface area (Å²) in [5, 5.41) is 7.76. The summed E-state index contributed by atoms with van der Waals surface area (Å²) in [7, 11) is 1.45. The van der Waals surface area contributed by atoms with Crippen LogP contribution < -0.4 is 14.8 Å². The normalized spacial score (nSPS) is 24.4. The number of hydrogen-bond acceptors (Lipinski definition) is 6. The van der Waals surface area contributed by atoms with Gasteiger partial charge in [-0.2, -0.15) is 10.1 Å². The van der Waals surface area contributed by atoms with Gasteiger partial charge in [0.1, 0.15) is 5.82 Å². The van der Waals surface area contributed by atoms with Crippen molar-refractivity contribution in [1.29, 1.82) is 0 Å². The van der Waals surface area contributed by atoms with E-state index in [9.17, 15) is 18.8 Å². The number of amides is 3. The molecule has 0 radical (unpaired) electrons. The number of halogens is 2. The second-order valence-corrected chi connectivity index (χ2v) is 9.52. The Morgan fingerprint density at radius 3 is 2.46 bits per heavy atom. The average molecular weight is 542 g/mol. The summed E-state index contributed by atoms with van der Waals surface area (Å²) in [6, 6.07) is 8.68. The molecule has 2 aromatic carbocycles. The first-order valence-electron chi connectivity index (χ1n) is 11.0. The molecule has 1 heterocycles. The molecule has 2 fully saturated rings. The van der Waals surface area contributed by atoms with Crippen LogP contribution in [0.2, 0.25) is 0 Å². The summed E-state index contributed by atoms with van der Waals surface area (Å²) < 4.78 is 24.9. The molecular formula is C25H21BrFN3O5. The van der Waals surface area contributed by atoms with Crippen LogP contribution in [0.4, 0.5) is 10.1 Å². The summed E-state index contributed by atoms with van der Waals surface area (Å²) in [5.74, 6) is -1.45. The number of ether oxygens (including phenoxy) is 2. The van der Waals surface area contributed by atoms with Crippen LogP contribution in [-0.2, 0) is 14.4 Å². The van der Waals surface area contributed by atoms with E-state index in [1.807, 2.05) is 12.2 Å². The number of nitrogens with one attached hydrogen (secondary N) is 1. The molecule has 2 aromatic rings. The van der Waals surface area contributed by atoms with E-state index in [2.05, 4.69) is 26.3 Å². The van der Waals surface area contributed by atoms with Gasteiger partial charge in [0.15, 0.2) is 18.1 Å². The molecule has 0 aromatic heterocycles. The molecule has 1 saturated heterocycles. The highest BCUT2D eigenvalue weighted by Crippen LogP contribution is 2.52. The second-order valence-electron chi connectivity index (χ2n) is 8.60. The van der Waals surface area contributed by atoms with E-state index in [-0.39, 0.29) is 47.8 Å². The minimum atomic E-state index is -0.467. The molecule has 180 valence electrons. The lowest BCUT2D eigenvalue weighted by Crippen LogP contribution is -2.28. The van der Waals surface area contributed by atoms with Crippen LogP contribution in [0.3, 0.4) is 0 Å². The molecule has 2 aliphatic carbocycles. The van der Waals surface area contributed by atoms with Gasteiger partial charge in [-0.1, -0.05) is 28.1 Å². The number of carbonyl (C=O) groups excluding carboxylic acids is 3. The van der Waals surface area contributed by atoms with E-state index in [0.29, 0.717) is 21.5 Å². The lowest BCUT2D eigenvalue weighted by Gasteiger charge is -2.15. The first-order chi connectivity index (χ1) is 16.9. The fraction of sp³-hybridized carbons (Fsp3) is 0.280. The first kappa shape index (κ1) is 23.2.